The monoisotopic (exact) mass is 252 g/mol. The number of rotatable bonds is 6. The Labute approximate surface area is 114 Å². The number of hydrogen-bond acceptors (Lipinski definition) is 3. The van der Waals surface area contributed by atoms with Crippen molar-refractivity contribution in [2.24, 2.45) is 5.92 Å². The molecule has 19 heavy (non-hydrogen) atoms. The first kappa shape index (κ1) is 14.5. The summed E-state index contributed by atoms with van der Waals surface area (Å²) in [5.74, 6) is 0.551. The Hall–Kier alpha value is -2.52. The van der Waals surface area contributed by atoms with Gasteiger partial charge in [-0.15, -0.1) is 5.26 Å². The highest BCUT2D eigenvalue weighted by atomic mass is 16.5. The van der Waals surface area contributed by atoms with E-state index in [1.165, 1.54) is 0 Å². The highest BCUT2D eigenvalue weighted by molar-refractivity contribution is 5.32. The summed E-state index contributed by atoms with van der Waals surface area (Å²) in [5, 5.41) is 17.1. The molecule has 3 heteroatoms. The summed E-state index contributed by atoms with van der Waals surface area (Å²) in [7, 11) is 0. The molecule has 0 heterocycles. The second-order valence-electron chi connectivity index (χ2n) is 4.26. The van der Waals surface area contributed by atoms with E-state index in [1.54, 1.807) is 18.4 Å². The van der Waals surface area contributed by atoms with Gasteiger partial charge < -0.3 is 4.74 Å². The number of ether oxygens (including phenoxy) is 1. The van der Waals surface area contributed by atoms with Crippen molar-refractivity contribution in [2.45, 2.75) is 19.8 Å². The number of allylic oxidation sites excluding steroid dienone is 3. The van der Waals surface area contributed by atoms with Gasteiger partial charge in [-0.3, -0.25) is 0 Å². The second kappa shape index (κ2) is 7.74. The van der Waals surface area contributed by atoms with Crippen LogP contribution in [0.15, 0.2) is 48.6 Å². The molecule has 1 unspecified atom stereocenters. The third-order valence-corrected chi connectivity index (χ3v) is 2.71. The minimum atomic E-state index is 0.0151. The van der Waals surface area contributed by atoms with Gasteiger partial charge in [0, 0.05) is 5.92 Å². The molecule has 0 bridgehead atoms. The van der Waals surface area contributed by atoms with Gasteiger partial charge in [0.25, 0.3) is 6.26 Å². The van der Waals surface area contributed by atoms with E-state index in [0.717, 1.165) is 24.0 Å². The zero-order chi connectivity index (χ0) is 14.1. The van der Waals surface area contributed by atoms with Crippen molar-refractivity contribution in [3.63, 3.8) is 0 Å². The second-order valence-corrected chi connectivity index (χ2v) is 4.26. The molecular formula is C16H16N2O. The largest absolute Gasteiger partial charge is 0.388 e. The predicted octanol–water partition coefficient (Wildman–Crippen LogP) is 3.75. The molecular weight excluding hydrogens is 236 g/mol. The van der Waals surface area contributed by atoms with Crippen LogP contribution in [0.1, 0.15) is 18.9 Å². The maximum atomic E-state index is 8.75. The smallest absolute Gasteiger partial charge is 0.292 e. The molecule has 0 fully saturated rings. The van der Waals surface area contributed by atoms with Crippen LogP contribution in [0.2, 0.25) is 0 Å². The summed E-state index contributed by atoms with van der Waals surface area (Å²) in [5.41, 5.74) is 2.21. The lowest BCUT2D eigenvalue weighted by atomic mass is 10.0. The van der Waals surface area contributed by atoms with Gasteiger partial charge in [-0.05, 0) is 43.0 Å². The first-order chi connectivity index (χ1) is 9.19. The van der Waals surface area contributed by atoms with Gasteiger partial charge in [0.05, 0.1) is 6.07 Å². The zero-order valence-electron chi connectivity index (χ0n) is 11.0. The molecule has 0 aliphatic heterocycles. The van der Waals surface area contributed by atoms with Crippen LogP contribution in [-0.4, -0.2) is 0 Å². The average Bonchev–Trinajstić information content (AvgIpc) is 2.45. The van der Waals surface area contributed by atoms with Crippen LogP contribution in [-0.2, 0) is 6.42 Å². The van der Waals surface area contributed by atoms with Gasteiger partial charge >= 0.3 is 0 Å². The molecule has 3 nitrogen and oxygen atoms in total. The van der Waals surface area contributed by atoms with E-state index in [4.69, 9.17) is 15.3 Å². The van der Waals surface area contributed by atoms with Crippen molar-refractivity contribution >= 4 is 0 Å². The van der Waals surface area contributed by atoms with Crippen molar-refractivity contribution in [2.75, 3.05) is 0 Å². The maximum absolute atomic E-state index is 8.75. The molecule has 0 radical (unpaired) electrons. The van der Waals surface area contributed by atoms with E-state index in [0.29, 0.717) is 5.75 Å². The SMILES string of the molecule is C=C/C(=C\CC(C)C#N)Cc1ccc(OC#N)cc1. The lowest BCUT2D eigenvalue weighted by Gasteiger charge is -2.05. The predicted molar refractivity (Wildman–Crippen MR) is 74.1 cm³/mol. The van der Waals surface area contributed by atoms with Gasteiger partial charge in [-0.2, -0.15) is 5.26 Å². The molecule has 0 aliphatic rings. The van der Waals surface area contributed by atoms with Crippen molar-refractivity contribution in [1.29, 1.82) is 10.5 Å². The molecule has 0 saturated carbocycles. The molecule has 0 spiro atoms. The third kappa shape index (κ3) is 5.10. The zero-order valence-corrected chi connectivity index (χ0v) is 11.0. The summed E-state index contributed by atoms with van der Waals surface area (Å²) < 4.78 is 4.72. The van der Waals surface area contributed by atoms with E-state index in [-0.39, 0.29) is 5.92 Å². The topological polar surface area (TPSA) is 56.8 Å². The quantitative estimate of drug-likeness (QED) is 0.572. The lowest BCUT2D eigenvalue weighted by molar-refractivity contribution is 0.507. The van der Waals surface area contributed by atoms with Gasteiger partial charge in [0.15, 0.2) is 0 Å². The standard InChI is InChI=1S/C16H16N2O/c1-3-14(5-4-13(2)11-17)10-15-6-8-16(9-7-15)19-12-18/h3,5-9,13H,1,4,10H2,2H3/b14-5+. The Bertz CT molecular complexity index is 529. The van der Waals surface area contributed by atoms with E-state index in [1.807, 2.05) is 31.2 Å². The summed E-state index contributed by atoms with van der Waals surface area (Å²) >= 11 is 0. The molecule has 1 aromatic rings. The Morgan fingerprint density at radius 3 is 2.58 bits per heavy atom. The van der Waals surface area contributed by atoms with E-state index < -0.39 is 0 Å². The number of benzene rings is 1. The van der Waals surface area contributed by atoms with Crippen molar-refractivity contribution < 1.29 is 4.74 Å². The fraction of sp³-hybridized carbons (Fsp3) is 0.250. The maximum Gasteiger partial charge on any atom is 0.292 e. The molecule has 1 rings (SSSR count). The van der Waals surface area contributed by atoms with E-state index in [2.05, 4.69) is 12.6 Å². The van der Waals surface area contributed by atoms with Gasteiger partial charge in [-0.1, -0.05) is 30.9 Å². The third-order valence-electron chi connectivity index (χ3n) is 2.71. The van der Waals surface area contributed by atoms with Crippen LogP contribution in [0.3, 0.4) is 0 Å². The van der Waals surface area contributed by atoms with Crippen molar-refractivity contribution in [1.82, 2.24) is 0 Å². The van der Waals surface area contributed by atoms with Crippen molar-refractivity contribution in [3.05, 3.63) is 54.1 Å². The number of nitrogens with zero attached hydrogens (tertiary/aromatic N) is 2. The van der Waals surface area contributed by atoms with Crippen LogP contribution in [0.5, 0.6) is 5.75 Å². The Morgan fingerprint density at radius 1 is 1.37 bits per heavy atom. The van der Waals surface area contributed by atoms with Crippen molar-refractivity contribution in [3.8, 4) is 18.1 Å². The number of nitriles is 2. The minimum Gasteiger partial charge on any atom is -0.388 e. The van der Waals surface area contributed by atoms with Crippen LogP contribution in [0, 0.1) is 28.8 Å². The molecule has 0 N–H and O–H groups in total. The van der Waals surface area contributed by atoms with Crippen LogP contribution >= 0.6 is 0 Å². The number of hydrogen-bond donors (Lipinski definition) is 0. The molecule has 0 aliphatic carbocycles. The first-order valence-electron chi connectivity index (χ1n) is 6.05. The normalized spacial score (nSPS) is 12.1. The average molecular weight is 252 g/mol. The first-order valence-corrected chi connectivity index (χ1v) is 6.05. The Morgan fingerprint density at radius 2 is 2.05 bits per heavy atom. The van der Waals surface area contributed by atoms with E-state index >= 15 is 0 Å². The molecule has 0 amide bonds. The van der Waals surface area contributed by atoms with Gasteiger partial charge in [-0.25, -0.2) is 0 Å². The van der Waals surface area contributed by atoms with Crippen LogP contribution < -0.4 is 4.74 Å². The molecule has 1 atom stereocenters. The minimum absolute atomic E-state index is 0.0151. The van der Waals surface area contributed by atoms with Gasteiger partial charge in [0.2, 0.25) is 0 Å². The highest BCUT2D eigenvalue weighted by Crippen LogP contribution is 2.16. The summed E-state index contributed by atoms with van der Waals surface area (Å²) in [6, 6.07) is 9.55. The summed E-state index contributed by atoms with van der Waals surface area (Å²) in [6.45, 7) is 5.68. The summed E-state index contributed by atoms with van der Waals surface area (Å²) in [4.78, 5) is 0. The fourth-order valence-corrected chi connectivity index (χ4v) is 1.57. The molecule has 0 aromatic heterocycles. The Balaban J connectivity index is 2.68. The Kier molecular flexibility index (Phi) is 5.92. The van der Waals surface area contributed by atoms with Crippen LogP contribution in [0.4, 0.5) is 0 Å². The highest BCUT2D eigenvalue weighted by Gasteiger charge is 2.00. The van der Waals surface area contributed by atoms with E-state index in [9.17, 15) is 0 Å². The molecule has 96 valence electrons. The van der Waals surface area contributed by atoms with Crippen LogP contribution in [0.25, 0.3) is 0 Å². The molecule has 0 saturated heterocycles. The summed E-state index contributed by atoms with van der Waals surface area (Å²) in [6.07, 6.45) is 6.98. The fourth-order valence-electron chi connectivity index (χ4n) is 1.57. The molecule has 1 aromatic carbocycles. The lowest BCUT2D eigenvalue weighted by Crippen LogP contribution is -1.92. The van der Waals surface area contributed by atoms with Gasteiger partial charge in [0.1, 0.15) is 5.75 Å².